The second kappa shape index (κ2) is 5.42. The molecular formula is C13H14BrNO5S. The van der Waals surface area contributed by atoms with Crippen molar-refractivity contribution in [2.45, 2.75) is 23.5 Å². The van der Waals surface area contributed by atoms with Gasteiger partial charge in [-0.25, -0.2) is 13.2 Å². The molecule has 1 atom stereocenters. The zero-order valence-corrected chi connectivity index (χ0v) is 13.9. The number of benzene rings is 1. The molecule has 1 aliphatic heterocycles. The number of carbonyl (C=O) groups is 2. The fourth-order valence-corrected chi connectivity index (χ4v) is 4.89. The van der Waals surface area contributed by atoms with Gasteiger partial charge in [0.05, 0.1) is 10.5 Å². The normalized spacial score (nSPS) is 19.1. The highest BCUT2D eigenvalue weighted by molar-refractivity contribution is 9.10. The standard InChI is InChI=1S/C13H14BrNO5S/c1-7-9(14)5-8(13(17)18)6-11(7)21(19,20)10-3-4-15(2)12(10)16/h5-6,10H,3-4H2,1-2H3,(H,17,18). The molecule has 8 heteroatoms. The maximum absolute atomic E-state index is 12.7. The quantitative estimate of drug-likeness (QED) is 0.863. The minimum atomic E-state index is -3.91. The maximum Gasteiger partial charge on any atom is 0.335 e. The predicted octanol–water partition coefficient (Wildman–Crippen LogP) is 1.46. The van der Waals surface area contributed by atoms with Gasteiger partial charge in [-0.05, 0) is 31.0 Å². The van der Waals surface area contributed by atoms with E-state index in [4.69, 9.17) is 5.11 Å². The fourth-order valence-electron chi connectivity index (χ4n) is 2.30. The maximum atomic E-state index is 12.7. The summed E-state index contributed by atoms with van der Waals surface area (Å²) in [6.45, 7) is 1.95. The molecule has 1 fully saturated rings. The Balaban J connectivity index is 2.60. The lowest BCUT2D eigenvalue weighted by Gasteiger charge is -2.15. The highest BCUT2D eigenvalue weighted by Gasteiger charge is 2.41. The lowest BCUT2D eigenvalue weighted by Crippen LogP contribution is -2.32. The molecule has 6 nitrogen and oxygen atoms in total. The van der Waals surface area contributed by atoms with Gasteiger partial charge in [-0.2, -0.15) is 0 Å². The molecule has 0 radical (unpaired) electrons. The largest absolute Gasteiger partial charge is 0.478 e. The number of carboxylic acids is 1. The van der Waals surface area contributed by atoms with E-state index in [1.807, 2.05) is 0 Å². The molecule has 1 N–H and O–H groups in total. The van der Waals surface area contributed by atoms with E-state index in [1.54, 1.807) is 14.0 Å². The molecule has 0 bridgehead atoms. The van der Waals surface area contributed by atoms with Crippen LogP contribution in [-0.2, 0) is 14.6 Å². The van der Waals surface area contributed by atoms with Gasteiger partial charge >= 0.3 is 5.97 Å². The van der Waals surface area contributed by atoms with Crippen molar-refractivity contribution in [3.05, 3.63) is 27.7 Å². The van der Waals surface area contributed by atoms with Crippen molar-refractivity contribution in [3.63, 3.8) is 0 Å². The number of aromatic carboxylic acids is 1. The summed E-state index contributed by atoms with van der Waals surface area (Å²) in [7, 11) is -2.36. The molecular weight excluding hydrogens is 362 g/mol. The van der Waals surface area contributed by atoms with Crippen LogP contribution in [0.2, 0.25) is 0 Å². The molecule has 1 amide bonds. The van der Waals surface area contributed by atoms with Gasteiger partial charge < -0.3 is 10.0 Å². The lowest BCUT2D eigenvalue weighted by atomic mass is 10.1. The molecule has 0 spiro atoms. The van der Waals surface area contributed by atoms with Crippen LogP contribution in [0.4, 0.5) is 0 Å². The van der Waals surface area contributed by atoms with Crippen molar-refractivity contribution in [1.29, 1.82) is 0 Å². The van der Waals surface area contributed by atoms with Gasteiger partial charge in [0.15, 0.2) is 9.84 Å². The summed E-state index contributed by atoms with van der Waals surface area (Å²) in [6, 6.07) is 2.46. The van der Waals surface area contributed by atoms with Gasteiger partial charge in [-0.15, -0.1) is 0 Å². The molecule has 1 unspecified atom stereocenters. The fraction of sp³-hybridized carbons (Fsp3) is 0.385. The van der Waals surface area contributed by atoms with Crippen LogP contribution in [0.15, 0.2) is 21.5 Å². The topological polar surface area (TPSA) is 91.8 Å². The zero-order valence-electron chi connectivity index (χ0n) is 11.5. The van der Waals surface area contributed by atoms with Crippen molar-refractivity contribution >= 4 is 37.6 Å². The minimum absolute atomic E-state index is 0.108. The average Bonchev–Trinajstić information content (AvgIpc) is 2.73. The molecule has 2 rings (SSSR count). The van der Waals surface area contributed by atoms with Gasteiger partial charge in [-0.3, -0.25) is 4.79 Å². The number of carbonyl (C=O) groups excluding carboxylic acids is 1. The highest BCUT2D eigenvalue weighted by Crippen LogP contribution is 2.31. The molecule has 1 saturated heterocycles. The van der Waals surface area contributed by atoms with Crippen LogP contribution in [0.1, 0.15) is 22.3 Å². The number of sulfone groups is 1. The molecule has 1 aliphatic rings. The third-order valence-electron chi connectivity index (χ3n) is 3.60. The molecule has 0 aliphatic carbocycles. The van der Waals surface area contributed by atoms with E-state index in [-0.39, 0.29) is 16.9 Å². The number of nitrogens with zero attached hydrogens (tertiary/aromatic N) is 1. The van der Waals surface area contributed by atoms with E-state index in [2.05, 4.69) is 15.9 Å². The Labute approximate surface area is 130 Å². The smallest absolute Gasteiger partial charge is 0.335 e. The van der Waals surface area contributed by atoms with Crippen molar-refractivity contribution in [2.24, 2.45) is 0 Å². The number of hydrogen-bond donors (Lipinski definition) is 1. The van der Waals surface area contributed by atoms with Crippen LogP contribution in [-0.4, -0.2) is 49.1 Å². The Morgan fingerprint density at radius 1 is 1.43 bits per heavy atom. The van der Waals surface area contributed by atoms with Crippen molar-refractivity contribution in [3.8, 4) is 0 Å². The predicted molar refractivity (Wildman–Crippen MR) is 79.1 cm³/mol. The average molecular weight is 376 g/mol. The van der Waals surface area contributed by atoms with E-state index in [0.717, 1.165) is 6.07 Å². The van der Waals surface area contributed by atoms with Crippen LogP contribution < -0.4 is 0 Å². The van der Waals surface area contributed by atoms with E-state index in [0.29, 0.717) is 16.6 Å². The van der Waals surface area contributed by atoms with Crippen LogP contribution in [0, 0.1) is 6.92 Å². The summed E-state index contributed by atoms with van der Waals surface area (Å²) >= 11 is 3.17. The Morgan fingerprint density at radius 3 is 2.52 bits per heavy atom. The van der Waals surface area contributed by atoms with E-state index < -0.39 is 27.0 Å². The first kappa shape index (κ1) is 16.0. The molecule has 0 aromatic heterocycles. The van der Waals surface area contributed by atoms with Crippen LogP contribution in [0.3, 0.4) is 0 Å². The summed E-state index contributed by atoms with van der Waals surface area (Å²) in [6.07, 6.45) is 0.214. The summed E-state index contributed by atoms with van der Waals surface area (Å²) in [5.74, 6) is -1.67. The molecule has 1 aromatic carbocycles. The second-order valence-corrected chi connectivity index (χ2v) is 7.92. The first-order valence-electron chi connectivity index (χ1n) is 6.18. The summed E-state index contributed by atoms with van der Waals surface area (Å²) in [4.78, 5) is 24.3. The zero-order chi connectivity index (χ0) is 15.9. The van der Waals surface area contributed by atoms with Crippen LogP contribution in [0.25, 0.3) is 0 Å². The van der Waals surface area contributed by atoms with Gasteiger partial charge in [0.1, 0.15) is 5.25 Å². The monoisotopic (exact) mass is 375 g/mol. The Morgan fingerprint density at radius 2 is 2.05 bits per heavy atom. The van der Waals surface area contributed by atoms with Crippen molar-refractivity contribution in [2.75, 3.05) is 13.6 Å². The van der Waals surface area contributed by atoms with Crippen molar-refractivity contribution < 1.29 is 23.1 Å². The Kier molecular flexibility index (Phi) is 4.12. The van der Waals surface area contributed by atoms with E-state index >= 15 is 0 Å². The van der Waals surface area contributed by atoms with Gasteiger partial charge in [0.25, 0.3) is 0 Å². The Bertz CT molecular complexity index is 728. The third kappa shape index (κ3) is 2.69. The molecule has 114 valence electrons. The summed E-state index contributed by atoms with van der Waals surface area (Å²) in [5.41, 5.74) is 0.271. The third-order valence-corrected chi connectivity index (χ3v) is 6.65. The summed E-state index contributed by atoms with van der Waals surface area (Å²) < 4.78 is 25.7. The first-order valence-corrected chi connectivity index (χ1v) is 8.52. The Hall–Kier alpha value is -1.41. The van der Waals surface area contributed by atoms with Crippen molar-refractivity contribution in [1.82, 2.24) is 4.90 Å². The SMILES string of the molecule is Cc1c(Br)cc(C(=O)O)cc1S(=O)(=O)C1CCN(C)C1=O. The van der Waals surface area contributed by atoms with Crippen LogP contribution in [0.5, 0.6) is 0 Å². The highest BCUT2D eigenvalue weighted by atomic mass is 79.9. The lowest BCUT2D eigenvalue weighted by molar-refractivity contribution is -0.126. The number of carboxylic acid groups (broad SMARTS) is 1. The number of halogens is 1. The molecule has 1 heterocycles. The first-order chi connectivity index (χ1) is 9.66. The van der Waals surface area contributed by atoms with Crippen LogP contribution >= 0.6 is 15.9 Å². The van der Waals surface area contributed by atoms with Gasteiger partial charge in [0, 0.05) is 18.1 Å². The number of rotatable bonds is 3. The molecule has 0 saturated carbocycles. The second-order valence-electron chi connectivity index (χ2n) is 4.97. The summed E-state index contributed by atoms with van der Waals surface area (Å²) in [5, 5.41) is 7.92. The molecule has 21 heavy (non-hydrogen) atoms. The number of amides is 1. The number of likely N-dealkylation sites (tertiary alicyclic amines) is 1. The van der Waals surface area contributed by atoms with Gasteiger partial charge in [-0.1, -0.05) is 15.9 Å². The minimum Gasteiger partial charge on any atom is -0.478 e. The number of hydrogen-bond acceptors (Lipinski definition) is 4. The molecule has 1 aromatic rings. The van der Waals surface area contributed by atoms with Gasteiger partial charge in [0.2, 0.25) is 5.91 Å². The van der Waals surface area contributed by atoms with E-state index in [1.165, 1.54) is 11.0 Å². The van der Waals surface area contributed by atoms with E-state index in [9.17, 15) is 18.0 Å².